The smallest absolute Gasteiger partial charge is 0.0685 e. The van der Waals surface area contributed by atoms with Gasteiger partial charge < -0.3 is 5.11 Å². The van der Waals surface area contributed by atoms with Crippen LogP contribution in [0.15, 0.2) is 28.7 Å². The van der Waals surface area contributed by atoms with Gasteiger partial charge in [0.05, 0.1) is 6.10 Å². The molecule has 76 valence electrons. The molecule has 0 unspecified atom stereocenters. The highest BCUT2D eigenvalue weighted by Crippen LogP contribution is 2.31. The summed E-state index contributed by atoms with van der Waals surface area (Å²) in [6, 6.07) is 8.67. The quantitative estimate of drug-likeness (QED) is 0.832. The third kappa shape index (κ3) is 2.00. The van der Waals surface area contributed by atoms with Crippen molar-refractivity contribution in [2.24, 2.45) is 0 Å². The summed E-state index contributed by atoms with van der Waals surface area (Å²) in [7, 11) is 2.06. The van der Waals surface area contributed by atoms with E-state index in [-0.39, 0.29) is 6.10 Å². The molecule has 1 aromatic carbocycles. The number of hydrogen-bond acceptors (Lipinski definition) is 2. The Hall–Kier alpha value is -0.380. The molecule has 1 heterocycles. The molecular weight excluding hydrogens is 242 g/mol. The summed E-state index contributed by atoms with van der Waals surface area (Å²) in [5.41, 5.74) is 1.28. The highest BCUT2D eigenvalue weighted by atomic mass is 79.9. The summed E-state index contributed by atoms with van der Waals surface area (Å²) in [5.74, 6) is 0. The average molecular weight is 256 g/mol. The fourth-order valence-electron chi connectivity index (χ4n) is 2.08. The van der Waals surface area contributed by atoms with Crippen molar-refractivity contribution < 1.29 is 5.11 Å². The van der Waals surface area contributed by atoms with Crippen LogP contribution in [-0.4, -0.2) is 29.7 Å². The fraction of sp³-hybridized carbons (Fsp3) is 0.455. The van der Waals surface area contributed by atoms with E-state index in [2.05, 4.69) is 40.0 Å². The largest absolute Gasteiger partial charge is 0.392 e. The highest BCUT2D eigenvalue weighted by molar-refractivity contribution is 9.10. The van der Waals surface area contributed by atoms with Crippen LogP contribution in [0.1, 0.15) is 18.0 Å². The molecule has 0 aromatic heterocycles. The summed E-state index contributed by atoms with van der Waals surface area (Å²) in [6.45, 7) is 0.775. The van der Waals surface area contributed by atoms with Crippen molar-refractivity contribution >= 4 is 15.9 Å². The van der Waals surface area contributed by atoms with Crippen LogP contribution in [0.5, 0.6) is 0 Å². The number of aliphatic hydroxyl groups excluding tert-OH is 1. The molecule has 0 saturated carbocycles. The van der Waals surface area contributed by atoms with Gasteiger partial charge >= 0.3 is 0 Å². The number of β-amino-alcohol motifs (C(OH)–C–C–N with tert-alkyl or cyclic N) is 1. The molecule has 1 aliphatic heterocycles. The van der Waals surface area contributed by atoms with Crippen LogP contribution in [0.4, 0.5) is 0 Å². The second-order valence-electron chi connectivity index (χ2n) is 3.90. The average Bonchev–Trinajstić information content (AvgIpc) is 2.45. The van der Waals surface area contributed by atoms with E-state index >= 15 is 0 Å². The molecule has 0 aliphatic carbocycles. The second-order valence-corrected chi connectivity index (χ2v) is 4.82. The molecular formula is C11H14BrNO. The highest BCUT2D eigenvalue weighted by Gasteiger charge is 2.28. The molecule has 2 nitrogen and oxygen atoms in total. The molecule has 1 fully saturated rings. The van der Waals surface area contributed by atoms with Gasteiger partial charge in [-0.2, -0.15) is 0 Å². The van der Waals surface area contributed by atoms with Crippen LogP contribution in [-0.2, 0) is 0 Å². The first-order chi connectivity index (χ1) is 6.66. The Balaban J connectivity index is 2.23. The van der Waals surface area contributed by atoms with Crippen LogP contribution in [0.2, 0.25) is 0 Å². The lowest BCUT2D eigenvalue weighted by molar-refractivity contribution is 0.182. The van der Waals surface area contributed by atoms with E-state index in [1.165, 1.54) is 5.56 Å². The number of aliphatic hydroxyl groups is 1. The zero-order chi connectivity index (χ0) is 10.1. The van der Waals surface area contributed by atoms with Crippen molar-refractivity contribution in [3.8, 4) is 0 Å². The third-order valence-electron chi connectivity index (χ3n) is 2.76. The minimum Gasteiger partial charge on any atom is -0.392 e. The Morgan fingerprint density at radius 1 is 1.50 bits per heavy atom. The molecule has 0 radical (unpaired) electrons. The van der Waals surface area contributed by atoms with Crippen LogP contribution in [0.3, 0.4) is 0 Å². The number of hydrogen-bond donors (Lipinski definition) is 1. The number of likely N-dealkylation sites (N-methyl/N-ethyl adjacent to an activating group) is 1. The van der Waals surface area contributed by atoms with Gasteiger partial charge in [0.2, 0.25) is 0 Å². The van der Waals surface area contributed by atoms with Crippen molar-refractivity contribution in [1.29, 1.82) is 0 Å². The second kappa shape index (κ2) is 4.01. The van der Waals surface area contributed by atoms with Gasteiger partial charge in [0.15, 0.2) is 0 Å². The van der Waals surface area contributed by atoms with E-state index < -0.39 is 0 Å². The van der Waals surface area contributed by atoms with Crippen LogP contribution >= 0.6 is 15.9 Å². The Morgan fingerprint density at radius 2 is 2.29 bits per heavy atom. The topological polar surface area (TPSA) is 23.5 Å². The molecule has 1 aromatic rings. The van der Waals surface area contributed by atoms with Gasteiger partial charge in [-0.05, 0) is 31.2 Å². The molecule has 2 rings (SSSR count). The summed E-state index contributed by atoms with van der Waals surface area (Å²) in [6.07, 6.45) is 0.663. The molecule has 0 bridgehead atoms. The first kappa shape index (κ1) is 10.1. The van der Waals surface area contributed by atoms with Crippen molar-refractivity contribution in [2.75, 3.05) is 13.6 Å². The fourth-order valence-corrected chi connectivity index (χ4v) is 2.49. The molecule has 1 N–H and O–H groups in total. The van der Waals surface area contributed by atoms with Crippen molar-refractivity contribution in [2.45, 2.75) is 18.6 Å². The third-order valence-corrected chi connectivity index (χ3v) is 3.25. The summed E-state index contributed by atoms with van der Waals surface area (Å²) >= 11 is 3.46. The first-order valence-electron chi connectivity index (χ1n) is 4.80. The van der Waals surface area contributed by atoms with E-state index in [1.54, 1.807) is 0 Å². The zero-order valence-electron chi connectivity index (χ0n) is 8.15. The monoisotopic (exact) mass is 255 g/mol. The number of halogens is 1. The maximum absolute atomic E-state index is 9.55. The predicted octanol–water partition coefficient (Wildman–Crippen LogP) is 2.19. The van der Waals surface area contributed by atoms with Crippen LogP contribution in [0, 0.1) is 0 Å². The van der Waals surface area contributed by atoms with Gasteiger partial charge in [0.25, 0.3) is 0 Å². The van der Waals surface area contributed by atoms with E-state index in [0.717, 1.165) is 17.4 Å². The maximum Gasteiger partial charge on any atom is 0.0685 e. The van der Waals surface area contributed by atoms with Gasteiger partial charge in [-0.15, -0.1) is 0 Å². The van der Waals surface area contributed by atoms with E-state index in [0.29, 0.717) is 6.04 Å². The normalized spacial score (nSPS) is 28.2. The SMILES string of the molecule is CN1C[C@H](O)C[C@H]1c1cccc(Br)c1. The summed E-state index contributed by atoms with van der Waals surface area (Å²) in [5, 5.41) is 9.55. The minimum absolute atomic E-state index is 0.177. The van der Waals surface area contributed by atoms with E-state index in [4.69, 9.17) is 0 Å². The standard InChI is InChI=1S/C11H14BrNO/c1-13-7-10(14)6-11(13)8-3-2-4-9(12)5-8/h2-5,10-11,14H,6-7H2,1H3/t10-,11+/m1/s1. The van der Waals surface area contributed by atoms with Crippen molar-refractivity contribution in [1.82, 2.24) is 4.90 Å². The number of nitrogens with zero attached hydrogens (tertiary/aromatic N) is 1. The zero-order valence-corrected chi connectivity index (χ0v) is 9.74. The van der Waals surface area contributed by atoms with E-state index in [1.807, 2.05) is 12.1 Å². The predicted molar refractivity (Wildman–Crippen MR) is 60.1 cm³/mol. The Labute approximate surface area is 92.7 Å². The lowest BCUT2D eigenvalue weighted by atomic mass is 10.0. The summed E-state index contributed by atoms with van der Waals surface area (Å²) in [4.78, 5) is 2.20. The van der Waals surface area contributed by atoms with Gasteiger partial charge in [-0.25, -0.2) is 0 Å². The molecule has 1 saturated heterocycles. The Bertz CT molecular complexity index is 329. The molecule has 3 heteroatoms. The van der Waals surface area contributed by atoms with Gasteiger partial charge in [0.1, 0.15) is 0 Å². The molecule has 0 spiro atoms. The number of likely N-dealkylation sites (tertiary alicyclic amines) is 1. The number of benzene rings is 1. The van der Waals surface area contributed by atoms with Crippen molar-refractivity contribution in [3.05, 3.63) is 34.3 Å². The summed E-state index contributed by atoms with van der Waals surface area (Å²) < 4.78 is 1.10. The lowest BCUT2D eigenvalue weighted by Crippen LogP contribution is -2.19. The maximum atomic E-state index is 9.55. The molecule has 14 heavy (non-hydrogen) atoms. The first-order valence-corrected chi connectivity index (χ1v) is 5.60. The van der Waals surface area contributed by atoms with E-state index in [9.17, 15) is 5.11 Å². The van der Waals surface area contributed by atoms with Gasteiger partial charge in [0, 0.05) is 17.1 Å². The van der Waals surface area contributed by atoms with Gasteiger partial charge in [-0.1, -0.05) is 28.1 Å². The van der Waals surface area contributed by atoms with Crippen LogP contribution in [0.25, 0.3) is 0 Å². The minimum atomic E-state index is -0.177. The molecule has 1 aliphatic rings. The Kier molecular flexibility index (Phi) is 2.91. The van der Waals surface area contributed by atoms with Crippen LogP contribution < -0.4 is 0 Å². The number of rotatable bonds is 1. The lowest BCUT2D eigenvalue weighted by Gasteiger charge is -2.19. The molecule has 2 atom stereocenters. The van der Waals surface area contributed by atoms with Crippen molar-refractivity contribution in [3.63, 3.8) is 0 Å². The van der Waals surface area contributed by atoms with Gasteiger partial charge in [-0.3, -0.25) is 4.90 Å². The Morgan fingerprint density at radius 3 is 2.86 bits per heavy atom. The molecule has 0 amide bonds.